The molecule has 0 radical (unpaired) electrons. The third-order valence-corrected chi connectivity index (χ3v) is 4.47. The molecule has 0 aliphatic heterocycles. The lowest BCUT2D eigenvalue weighted by Crippen LogP contribution is -2.08. The van der Waals surface area contributed by atoms with Crippen LogP contribution in [0.4, 0.5) is 19.0 Å². The molecule has 9 heteroatoms. The van der Waals surface area contributed by atoms with Crippen LogP contribution in [0.25, 0.3) is 10.2 Å². The largest absolute Gasteiger partial charge is 0.462 e. The lowest BCUT2D eigenvalue weighted by Gasteiger charge is -2.11. The summed E-state index contributed by atoms with van der Waals surface area (Å²) in [4.78, 5) is 20.9. The maximum atomic E-state index is 12.8. The first kappa shape index (κ1) is 18.1. The molecule has 0 saturated carbocycles. The molecule has 5 nitrogen and oxygen atoms in total. The molecule has 0 amide bonds. The third kappa shape index (κ3) is 3.77. The number of nitrogens with zero attached hydrogens (tertiary/aromatic N) is 2. The second-order valence-corrected chi connectivity index (χ2v) is 6.18. The molecule has 0 atom stereocenters. The fourth-order valence-electron chi connectivity index (χ4n) is 2.41. The topological polar surface area (TPSA) is 64.1 Å². The quantitative estimate of drug-likeness (QED) is 0.660. The summed E-state index contributed by atoms with van der Waals surface area (Å²) in [5.41, 5.74) is 0.0610. The minimum absolute atomic E-state index is 0.119. The molecule has 2 heterocycles. The van der Waals surface area contributed by atoms with E-state index in [1.54, 1.807) is 18.4 Å². The van der Waals surface area contributed by atoms with E-state index in [4.69, 9.17) is 4.74 Å². The van der Waals surface area contributed by atoms with Gasteiger partial charge in [0.25, 0.3) is 0 Å². The number of anilines is 1. The molecule has 0 bridgehead atoms. The van der Waals surface area contributed by atoms with Gasteiger partial charge in [-0.3, -0.25) is 0 Å². The Hall–Kier alpha value is -2.68. The van der Waals surface area contributed by atoms with Crippen molar-refractivity contribution in [3.63, 3.8) is 0 Å². The number of nitrogens with one attached hydrogen (secondary N) is 1. The Labute approximate surface area is 150 Å². The molecule has 0 fully saturated rings. The molecular formula is C17H14F3N3O2S. The average molecular weight is 381 g/mol. The fraction of sp³-hybridized carbons (Fsp3) is 0.235. The Morgan fingerprint density at radius 3 is 2.85 bits per heavy atom. The number of carbonyl (C=O) groups is 1. The van der Waals surface area contributed by atoms with Gasteiger partial charge in [-0.05, 0) is 24.6 Å². The summed E-state index contributed by atoms with van der Waals surface area (Å²) in [5.74, 6) is -0.118. The van der Waals surface area contributed by atoms with Crippen LogP contribution in [0.2, 0.25) is 0 Å². The average Bonchev–Trinajstić information content (AvgIpc) is 3.04. The Balaban J connectivity index is 1.88. The SMILES string of the molecule is CCOC(=O)c1csc2ncnc(NCc3cccc(C(F)(F)F)c3)c12. The first-order valence-electron chi connectivity index (χ1n) is 7.69. The van der Waals surface area contributed by atoms with E-state index < -0.39 is 17.7 Å². The van der Waals surface area contributed by atoms with Crippen molar-refractivity contribution in [2.45, 2.75) is 19.6 Å². The fourth-order valence-corrected chi connectivity index (χ4v) is 3.29. The first-order chi connectivity index (χ1) is 12.4. The Morgan fingerprint density at radius 2 is 2.12 bits per heavy atom. The standard InChI is InChI=1S/C17H14F3N3O2S/c1-2-25-16(24)12-8-26-15-13(12)14(22-9-23-15)21-7-10-4-3-5-11(6-10)17(18,19)20/h3-6,8-9H,2,7H2,1H3,(H,21,22,23). The van der Waals surface area contributed by atoms with E-state index in [0.717, 1.165) is 12.1 Å². The third-order valence-electron chi connectivity index (χ3n) is 3.58. The molecule has 1 N–H and O–H groups in total. The monoisotopic (exact) mass is 381 g/mol. The Bertz CT molecular complexity index is 940. The molecular weight excluding hydrogens is 367 g/mol. The molecule has 0 saturated heterocycles. The van der Waals surface area contributed by atoms with Gasteiger partial charge in [0, 0.05) is 11.9 Å². The van der Waals surface area contributed by atoms with Crippen LogP contribution < -0.4 is 5.32 Å². The molecule has 3 aromatic rings. The van der Waals surface area contributed by atoms with Gasteiger partial charge in [-0.25, -0.2) is 14.8 Å². The van der Waals surface area contributed by atoms with Crippen molar-refractivity contribution in [1.29, 1.82) is 0 Å². The van der Waals surface area contributed by atoms with Crippen molar-refractivity contribution < 1.29 is 22.7 Å². The second-order valence-electron chi connectivity index (χ2n) is 5.32. The van der Waals surface area contributed by atoms with Crippen LogP contribution in [0.1, 0.15) is 28.4 Å². The van der Waals surface area contributed by atoms with Crippen LogP contribution in [-0.2, 0) is 17.5 Å². The van der Waals surface area contributed by atoms with Gasteiger partial charge in [0.05, 0.1) is 23.1 Å². The van der Waals surface area contributed by atoms with Gasteiger partial charge >= 0.3 is 12.1 Å². The lowest BCUT2D eigenvalue weighted by atomic mass is 10.1. The first-order valence-corrected chi connectivity index (χ1v) is 8.57. The summed E-state index contributed by atoms with van der Waals surface area (Å²) in [5, 5.41) is 5.12. The minimum atomic E-state index is -4.40. The second kappa shape index (κ2) is 7.28. The molecule has 0 aliphatic carbocycles. The number of halogens is 3. The molecule has 136 valence electrons. The number of thiophene rings is 1. The molecule has 2 aromatic heterocycles. The molecule has 0 spiro atoms. The number of aromatic nitrogens is 2. The highest BCUT2D eigenvalue weighted by atomic mass is 32.1. The van der Waals surface area contributed by atoms with Crippen LogP contribution in [-0.4, -0.2) is 22.5 Å². The van der Waals surface area contributed by atoms with E-state index in [0.29, 0.717) is 27.2 Å². The molecule has 3 rings (SSSR count). The van der Waals surface area contributed by atoms with E-state index in [2.05, 4.69) is 15.3 Å². The zero-order chi connectivity index (χ0) is 18.7. The number of ether oxygens (including phenoxy) is 1. The summed E-state index contributed by atoms with van der Waals surface area (Å²) >= 11 is 1.27. The van der Waals surface area contributed by atoms with Crippen LogP contribution in [0.3, 0.4) is 0 Å². The highest BCUT2D eigenvalue weighted by Crippen LogP contribution is 2.31. The maximum Gasteiger partial charge on any atom is 0.416 e. The van der Waals surface area contributed by atoms with Gasteiger partial charge in [-0.2, -0.15) is 13.2 Å². The van der Waals surface area contributed by atoms with Crippen molar-refractivity contribution >= 4 is 33.3 Å². The summed E-state index contributed by atoms with van der Waals surface area (Å²) in [6.45, 7) is 2.06. The number of carbonyl (C=O) groups excluding carboxylic acids is 1. The van der Waals surface area contributed by atoms with Crippen molar-refractivity contribution in [3.05, 3.63) is 52.7 Å². The van der Waals surface area contributed by atoms with Gasteiger partial charge in [-0.1, -0.05) is 12.1 Å². The molecule has 26 heavy (non-hydrogen) atoms. The van der Waals surface area contributed by atoms with E-state index in [1.807, 2.05) is 0 Å². The Morgan fingerprint density at radius 1 is 1.31 bits per heavy atom. The number of hydrogen-bond acceptors (Lipinski definition) is 6. The number of fused-ring (bicyclic) bond motifs is 1. The van der Waals surface area contributed by atoms with Crippen molar-refractivity contribution in [2.24, 2.45) is 0 Å². The van der Waals surface area contributed by atoms with E-state index >= 15 is 0 Å². The zero-order valence-electron chi connectivity index (χ0n) is 13.6. The molecule has 1 aromatic carbocycles. The van der Waals surface area contributed by atoms with Crippen LogP contribution >= 0.6 is 11.3 Å². The Kier molecular flexibility index (Phi) is 5.08. The number of hydrogen-bond donors (Lipinski definition) is 1. The predicted octanol–water partition coefficient (Wildman–Crippen LogP) is 4.50. The van der Waals surface area contributed by atoms with E-state index in [1.165, 1.54) is 23.7 Å². The predicted molar refractivity (Wildman–Crippen MR) is 92.1 cm³/mol. The molecule has 0 unspecified atom stereocenters. The van der Waals surface area contributed by atoms with Gasteiger partial charge < -0.3 is 10.1 Å². The zero-order valence-corrected chi connectivity index (χ0v) is 14.4. The van der Waals surface area contributed by atoms with E-state index in [9.17, 15) is 18.0 Å². The van der Waals surface area contributed by atoms with Gasteiger partial charge in [0.1, 0.15) is 17.0 Å². The summed E-state index contributed by atoms with van der Waals surface area (Å²) < 4.78 is 43.5. The van der Waals surface area contributed by atoms with Crippen LogP contribution in [0.15, 0.2) is 36.0 Å². The van der Waals surface area contributed by atoms with Gasteiger partial charge in [0.2, 0.25) is 0 Å². The van der Waals surface area contributed by atoms with Gasteiger partial charge in [-0.15, -0.1) is 11.3 Å². The summed E-state index contributed by atoms with van der Waals surface area (Å²) in [6.07, 6.45) is -3.06. The molecule has 0 aliphatic rings. The number of rotatable bonds is 5. The summed E-state index contributed by atoms with van der Waals surface area (Å²) in [7, 11) is 0. The highest BCUT2D eigenvalue weighted by Gasteiger charge is 2.30. The van der Waals surface area contributed by atoms with E-state index in [-0.39, 0.29) is 13.2 Å². The van der Waals surface area contributed by atoms with Gasteiger partial charge in [0.15, 0.2) is 0 Å². The van der Waals surface area contributed by atoms with Crippen molar-refractivity contribution in [3.8, 4) is 0 Å². The van der Waals surface area contributed by atoms with Crippen LogP contribution in [0.5, 0.6) is 0 Å². The smallest absolute Gasteiger partial charge is 0.416 e. The minimum Gasteiger partial charge on any atom is -0.462 e. The van der Waals surface area contributed by atoms with Crippen LogP contribution in [0, 0.1) is 0 Å². The summed E-state index contributed by atoms with van der Waals surface area (Å²) in [6, 6.07) is 5.03. The normalized spacial score (nSPS) is 11.5. The maximum absolute atomic E-state index is 12.8. The number of alkyl halides is 3. The number of esters is 1. The highest BCUT2D eigenvalue weighted by molar-refractivity contribution is 7.17. The lowest BCUT2D eigenvalue weighted by molar-refractivity contribution is -0.137. The van der Waals surface area contributed by atoms with Crippen molar-refractivity contribution in [2.75, 3.05) is 11.9 Å². The van der Waals surface area contributed by atoms with Crippen molar-refractivity contribution in [1.82, 2.24) is 9.97 Å². The number of benzene rings is 1.